The molecule has 2 aromatic carbocycles. The van der Waals surface area contributed by atoms with Gasteiger partial charge < -0.3 is 14.5 Å². The monoisotopic (exact) mass is 453 g/mol. The number of carbonyl (C=O) groups excluding carboxylic acids is 2. The standard InChI is InChI=1S/C24H21ClFN3O3/c1-28-14-21(30)20-12-18(25)4-7-22(20)32-15-23(31)29-10-8-24(16-27,9-11-29)13-17-2-5-19(26)6-3-17/h2-7,12H,8-11,13-15H2. The number of hydrogen-bond donors (Lipinski definition) is 0. The van der Waals surface area contributed by atoms with Gasteiger partial charge in [0, 0.05) is 18.1 Å². The maximum Gasteiger partial charge on any atom is 0.276 e. The highest BCUT2D eigenvalue weighted by Crippen LogP contribution is 2.34. The van der Waals surface area contributed by atoms with Crippen LogP contribution in [0.25, 0.3) is 4.85 Å². The molecule has 1 aliphatic rings. The molecule has 164 valence electrons. The van der Waals surface area contributed by atoms with E-state index in [0.29, 0.717) is 37.4 Å². The fourth-order valence-electron chi connectivity index (χ4n) is 3.74. The molecule has 1 heterocycles. The normalized spacial score (nSPS) is 14.8. The summed E-state index contributed by atoms with van der Waals surface area (Å²) >= 11 is 5.95. The van der Waals surface area contributed by atoms with Crippen molar-refractivity contribution in [2.24, 2.45) is 5.41 Å². The van der Waals surface area contributed by atoms with E-state index in [2.05, 4.69) is 10.9 Å². The van der Waals surface area contributed by atoms with Gasteiger partial charge in [-0.25, -0.2) is 11.0 Å². The number of amides is 1. The van der Waals surface area contributed by atoms with Gasteiger partial charge in [-0.05, 0) is 55.2 Å². The molecule has 0 radical (unpaired) electrons. The van der Waals surface area contributed by atoms with Crippen molar-refractivity contribution in [3.63, 3.8) is 0 Å². The number of benzene rings is 2. The van der Waals surface area contributed by atoms with Crippen molar-refractivity contribution in [1.82, 2.24) is 4.90 Å². The lowest BCUT2D eigenvalue weighted by molar-refractivity contribution is -0.135. The second kappa shape index (κ2) is 10.3. The van der Waals surface area contributed by atoms with Crippen molar-refractivity contribution in [3.05, 3.63) is 75.8 Å². The quantitative estimate of drug-likeness (QED) is 0.462. The molecule has 1 saturated heterocycles. The SMILES string of the molecule is [C-]#[N+]CC(=O)c1cc(Cl)ccc1OCC(=O)N1CCC(C#N)(Cc2ccc(F)cc2)CC1. The van der Waals surface area contributed by atoms with E-state index in [0.717, 1.165) is 5.56 Å². The van der Waals surface area contributed by atoms with Crippen molar-refractivity contribution in [3.8, 4) is 11.8 Å². The summed E-state index contributed by atoms with van der Waals surface area (Å²) in [6.45, 7) is 7.08. The minimum absolute atomic E-state index is 0.169. The van der Waals surface area contributed by atoms with E-state index < -0.39 is 11.2 Å². The lowest BCUT2D eigenvalue weighted by Gasteiger charge is -2.37. The predicted octanol–water partition coefficient (Wildman–Crippen LogP) is 4.33. The van der Waals surface area contributed by atoms with E-state index in [-0.39, 0.29) is 36.2 Å². The molecular formula is C24H21ClFN3O3. The van der Waals surface area contributed by atoms with Gasteiger partial charge in [-0.2, -0.15) is 5.26 Å². The Morgan fingerprint density at radius 3 is 2.53 bits per heavy atom. The van der Waals surface area contributed by atoms with Crippen LogP contribution in [-0.4, -0.2) is 42.8 Å². The summed E-state index contributed by atoms with van der Waals surface area (Å²) in [5.74, 6) is -0.796. The Labute approximate surface area is 191 Å². The third kappa shape index (κ3) is 5.63. The van der Waals surface area contributed by atoms with Gasteiger partial charge in [0.05, 0.1) is 17.0 Å². The van der Waals surface area contributed by atoms with Crippen molar-refractivity contribution in [2.45, 2.75) is 19.3 Å². The highest BCUT2D eigenvalue weighted by atomic mass is 35.5. The fourth-order valence-corrected chi connectivity index (χ4v) is 3.91. The number of likely N-dealkylation sites (tertiary alicyclic amines) is 1. The molecule has 0 atom stereocenters. The molecule has 0 saturated carbocycles. The summed E-state index contributed by atoms with van der Waals surface area (Å²) in [5.41, 5.74) is 0.448. The van der Waals surface area contributed by atoms with Crippen molar-refractivity contribution in [2.75, 3.05) is 26.2 Å². The summed E-state index contributed by atoms with van der Waals surface area (Å²) in [5, 5.41) is 10.1. The van der Waals surface area contributed by atoms with Crippen molar-refractivity contribution in [1.29, 1.82) is 5.26 Å². The van der Waals surface area contributed by atoms with Crippen LogP contribution in [0.5, 0.6) is 5.75 Å². The van der Waals surface area contributed by atoms with E-state index in [4.69, 9.17) is 22.9 Å². The Morgan fingerprint density at radius 1 is 1.22 bits per heavy atom. The van der Waals surface area contributed by atoms with Crippen molar-refractivity contribution >= 4 is 23.3 Å². The topological polar surface area (TPSA) is 74.8 Å². The largest absolute Gasteiger partial charge is 0.483 e. The minimum atomic E-state index is -0.606. The van der Waals surface area contributed by atoms with Crippen molar-refractivity contribution < 1.29 is 18.7 Å². The number of hydrogen-bond acceptors (Lipinski definition) is 4. The summed E-state index contributed by atoms with van der Waals surface area (Å²) in [4.78, 5) is 29.5. The van der Waals surface area contributed by atoms with Crippen LogP contribution in [0, 0.1) is 29.1 Å². The van der Waals surface area contributed by atoms with E-state index in [1.165, 1.54) is 24.3 Å². The van der Waals surface area contributed by atoms with Crippen LogP contribution in [0.3, 0.4) is 0 Å². The van der Waals surface area contributed by atoms with E-state index in [1.807, 2.05) is 0 Å². The molecule has 2 aromatic rings. The predicted molar refractivity (Wildman–Crippen MR) is 117 cm³/mol. The fraction of sp³-hybridized carbons (Fsp3) is 0.333. The van der Waals surface area contributed by atoms with Gasteiger partial charge in [0.2, 0.25) is 5.78 Å². The van der Waals surface area contributed by atoms with Gasteiger partial charge >= 0.3 is 0 Å². The first-order valence-corrected chi connectivity index (χ1v) is 10.5. The second-order valence-electron chi connectivity index (χ2n) is 7.74. The molecule has 1 amide bonds. The van der Waals surface area contributed by atoms with Crippen LogP contribution in [-0.2, 0) is 11.2 Å². The number of nitrogens with zero attached hydrogens (tertiary/aromatic N) is 3. The Bertz CT molecular complexity index is 1080. The van der Waals surface area contributed by atoms with E-state index in [9.17, 15) is 19.2 Å². The van der Waals surface area contributed by atoms with E-state index >= 15 is 0 Å². The Morgan fingerprint density at radius 2 is 1.91 bits per heavy atom. The number of halogens is 2. The number of ether oxygens (including phenoxy) is 1. The van der Waals surface area contributed by atoms with Crippen LogP contribution >= 0.6 is 11.6 Å². The molecule has 0 aliphatic carbocycles. The minimum Gasteiger partial charge on any atom is -0.483 e. The molecule has 3 rings (SSSR count). The van der Waals surface area contributed by atoms with Gasteiger partial charge in [-0.15, -0.1) is 0 Å². The molecule has 32 heavy (non-hydrogen) atoms. The van der Waals surface area contributed by atoms with Crippen LogP contribution in [0.2, 0.25) is 5.02 Å². The first kappa shape index (κ1) is 23.2. The summed E-state index contributed by atoms with van der Waals surface area (Å²) in [7, 11) is 0. The molecule has 1 aliphatic heterocycles. The van der Waals surface area contributed by atoms with E-state index in [1.54, 1.807) is 23.1 Å². The molecular weight excluding hydrogens is 433 g/mol. The molecule has 0 aromatic heterocycles. The zero-order chi connectivity index (χ0) is 23.1. The first-order chi connectivity index (χ1) is 15.4. The maximum absolute atomic E-state index is 13.1. The van der Waals surface area contributed by atoms with Crippen LogP contribution in [0.15, 0.2) is 42.5 Å². The number of Topliss-reactive ketones (excluding diaryl/α,β-unsaturated/α-hetero) is 1. The maximum atomic E-state index is 13.1. The highest BCUT2D eigenvalue weighted by molar-refractivity contribution is 6.31. The first-order valence-electron chi connectivity index (χ1n) is 10.1. The lowest BCUT2D eigenvalue weighted by Crippen LogP contribution is -2.45. The van der Waals surface area contributed by atoms with Crippen LogP contribution in [0.1, 0.15) is 28.8 Å². The molecule has 8 heteroatoms. The zero-order valence-electron chi connectivity index (χ0n) is 17.3. The molecule has 1 fully saturated rings. The van der Waals surface area contributed by atoms with Gasteiger partial charge in [0.15, 0.2) is 6.61 Å². The Balaban J connectivity index is 1.59. The second-order valence-corrected chi connectivity index (χ2v) is 8.18. The average Bonchev–Trinajstić information content (AvgIpc) is 2.80. The summed E-state index contributed by atoms with van der Waals surface area (Å²) < 4.78 is 18.7. The summed E-state index contributed by atoms with van der Waals surface area (Å²) in [6, 6.07) is 13.0. The number of ketones is 1. The Kier molecular flexibility index (Phi) is 7.45. The van der Waals surface area contributed by atoms with Gasteiger partial charge in [0.1, 0.15) is 11.6 Å². The molecule has 0 unspecified atom stereocenters. The van der Waals surface area contributed by atoms with Gasteiger partial charge in [-0.3, -0.25) is 9.59 Å². The molecule has 0 N–H and O–H groups in total. The molecule has 0 spiro atoms. The van der Waals surface area contributed by atoms with Gasteiger partial charge in [-0.1, -0.05) is 23.7 Å². The van der Waals surface area contributed by atoms with Crippen LogP contribution in [0.4, 0.5) is 4.39 Å². The average molecular weight is 454 g/mol. The number of rotatable bonds is 7. The lowest BCUT2D eigenvalue weighted by atomic mass is 9.75. The highest BCUT2D eigenvalue weighted by Gasteiger charge is 2.36. The number of carbonyl (C=O) groups is 2. The third-order valence-electron chi connectivity index (χ3n) is 5.58. The van der Waals surface area contributed by atoms with Crippen LogP contribution < -0.4 is 4.74 Å². The zero-order valence-corrected chi connectivity index (χ0v) is 18.1. The number of nitriles is 1. The third-order valence-corrected chi connectivity index (χ3v) is 5.82. The Hall–Kier alpha value is -3.42. The summed E-state index contributed by atoms with van der Waals surface area (Å²) in [6.07, 6.45) is 1.50. The number of piperidine rings is 1. The molecule has 0 bridgehead atoms. The smallest absolute Gasteiger partial charge is 0.276 e. The molecule has 6 nitrogen and oxygen atoms in total. The van der Waals surface area contributed by atoms with Gasteiger partial charge in [0.25, 0.3) is 12.5 Å².